The first kappa shape index (κ1) is 20.2. The van der Waals surface area contributed by atoms with Gasteiger partial charge in [-0.1, -0.05) is 12.1 Å². The number of benzene rings is 2. The number of nitrogens with zero attached hydrogens (tertiary/aromatic N) is 1. The molecule has 0 unspecified atom stereocenters. The molecule has 0 aliphatic rings. The van der Waals surface area contributed by atoms with Gasteiger partial charge >= 0.3 is 0 Å². The third-order valence-corrected chi connectivity index (χ3v) is 5.67. The number of anilines is 1. The van der Waals surface area contributed by atoms with Crippen molar-refractivity contribution in [1.29, 1.82) is 0 Å². The Morgan fingerprint density at radius 1 is 1.21 bits per heavy atom. The third kappa shape index (κ3) is 5.02. The lowest BCUT2D eigenvalue weighted by atomic mass is 10.1. The highest BCUT2D eigenvalue weighted by Gasteiger charge is 2.13. The summed E-state index contributed by atoms with van der Waals surface area (Å²) < 4.78 is 24.2. The lowest BCUT2D eigenvalue weighted by Crippen LogP contribution is -2.12. The number of thioether (sulfide) groups is 1. The van der Waals surface area contributed by atoms with Crippen molar-refractivity contribution >= 4 is 34.1 Å². The molecule has 0 spiro atoms. The Balaban J connectivity index is 1.58. The van der Waals surface area contributed by atoms with Crippen LogP contribution in [0.4, 0.5) is 9.52 Å². The molecule has 3 aromatic rings. The van der Waals surface area contributed by atoms with Crippen molar-refractivity contribution in [2.24, 2.45) is 0 Å². The fourth-order valence-electron chi connectivity index (χ4n) is 2.46. The van der Waals surface area contributed by atoms with E-state index in [-0.39, 0.29) is 18.1 Å². The number of hydrogen-bond donors (Lipinski definition) is 1. The average Bonchev–Trinajstić information content (AvgIpc) is 3.17. The van der Waals surface area contributed by atoms with E-state index in [2.05, 4.69) is 10.3 Å². The van der Waals surface area contributed by atoms with Crippen LogP contribution in [0, 0.1) is 5.82 Å². The Hall–Kier alpha value is -2.58. The SMILES string of the molecule is COc1ccc(-c2csc(NC(=O)CCSc3ccccc3F)n2)c(OC)c1. The van der Waals surface area contributed by atoms with Crippen LogP contribution in [0.25, 0.3) is 11.3 Å². The van der Waals surface area contributed by atoms with Crippen molar-refractivity contribution in [3.05, 3.63) is 53.7 Å². The van der Waals surface area contributed by atoms with Crippen molar-refractivity contribution in [3.8, 4) is 22.8 Å². The summed E-state index contributed by atoms with van der Waals surface area (Å²) in [5.41, 5.74) is 1.52. The van der Waals surface area contributed by atoms with Gasteiger partial charge in [-0.2, -0.15) is 0 Å². The molecule has 1 N–H and O–H groups in total. The minimum atomic E-state index is -0.272. The zero-order chi connectivity index (χ0) is 19.9. The molecule has 146 valence electrons. The van der Waals surface area contributed by atoms with E-state index in [0.717, 1.165) is 5.56 Å². The standard InChI is InChI=1S/C20H19FN2O3S2/c1-25-13-7-8-14(17(11-13)26-2)16-12-28-20(22-16)23-19(24)9-10-27-18-6-4-3-5-15(18)21/h3-8,11-12H,9-10H2,1-2H3,(H,22,23,24). The second kappa shape index (κ2) is 9.57. The molecular weight excluding hydrogens is 399 g/mol. The van der Waals surface area contributed by atoms with E-state index in [1.54, 1.807) is 38.5 Å². The third-order valence-electron chi connectivity index (χ3n) is 3.86. The van der Waals surface area contributed by atoms with Gasteiger partial charge in [-0.05, 0) is 24.3 Å². The smallest absolute Gasteiger partial charge is 0.226 e. The number of ether oxygens (including phenoxy) is 2. The first-order valence-corrected chi connectivity index (χ1v) is 10.3. The maximum absolute atomic E-state index is 13.6. The molecule has 0 saturated heterocycles. The van der Waals surface area contributed by atoms with Gasteiger partial charge < -0.3 is 14.8 Å². The van der Waals surface area contributed by atoms with Gasteiger partial charge in [-0.3, -0.25) is 4.79 Å². The molecule has 0 aliphatic carbocycles. The Morgan fingerprint density at radius 2 is 2.04 bits per heavy atom. The largest absolute Gasteiger partial charge is 0.497 e. The van der Waals surface area contributed by atoms with Gasteiger partial charge in [0.25, 0.3) is 0 Å². The summed E-state index contributed by atoms with van der Waals surface area (Å²) in [4.78, 5) is 17.2. The van der Waals surface area contributed by atoms with Gasteiger partial charge in [0.1, 0.15) is 17.3 Å². The molecule has 0 saturated carbocycles. The summed E-state index contributed by atoms with van der Waals surface area (Å²) in [5.74, 6) is 1.38. The number of hydrogen-bond acceptors (Lipinski definition) is 6. The highest BCUT2D eigenvalue weighted by molar-refractivity contribution is 7.99. The maximum atomic E-state index is 13.6. The van der Waals surface area contributed by atoms with Gasteiger partial charge in [0.15, 0.2) is 5.13 Å². The Morgan fingerprint density at radius 3 is 2.79 bits per heavy atom. The molecule has 2 aromatic carbocycles. The molecule has 0 fully saturated rings. The second-order valence-corrected chi connectivity index (χ2v) is 7.68. The van der Waals surface area contributed by atoms with E-state index in [0.29, 0.717) is 33.0 Å². The van der Waals surface area contributed by atoms with Crippen LogP contribution in [0.15, 0.2) is 52.7 Å². The molecule has 1 amide bonds. The number of halogens is 1. The van der Waals surface area contributed by atoms with Gasteiger partial charge in [0, 0.05) is 34.1 Å². The number of carbonyl (C=O) groups is 1. The molecule has 3 rings (SSSR count). The predicted molar refractivity (Wildman–Crippen MR) is 111 cm³/mol. The summed E-state index contributed by atoms with van der Waals surface area (Å²) in [6.07, 6.45) is 0.264. The molecule has 1 aromatic heterocycles. The molecule has 0 atom stereocenters. The van der Waals surface area contributed by atoms with Gasteiger partial charge in [-0.25, -0.2) is 9.37 Å². The van der Waals surface area contributed by atoms with Crippen LogP contribution in [-0.4, -0.2) is 30.9 Å². The van der Waals surface area contributed by atoms with Crippen LogP contribution in [0.5, 0.6) is 11.5 Å². The van der Waals surface area contributed by atoms with Crippen LogP contribution in [0.3, 0.4) is 0 Å². The second-order valence-electron chi connectivity index (χ2n) is 5.68. The van der Waals surface area contributed by atoms with Crippen molar-refractivity contribution in [3.63, 3.8) is 0 Å². The van der Waals surface area contributed by atoms with Crippen molar-refractivity contribution < 1.29 is 18.7 Å². The zero-order valence-electron chi connectivity index (χ0n) is 15.4. The van der Waals surface area contributed by atoms with E-state index in [9.17, 15) is 9.18 Å². The van der Waals surface area contributed by atoms with Gasteiger partial charge in [0.05, 0.1) is 19.9 Å². The van der Waals surface area contributed by atoms with E-state index in [1.807, 2.05) is 17.5 Å². The Labute approximate surface area is 170 Å². The Kier molecular flexibility index (Phi) is 6.89. The summed E-state index contributed by atoms with van der Waals surface area (Å²) in [6.45, 7) is 0. The normalized spacial score (nSPS) is 10.5. The van der Waals surface area contributed by atoms with Crippen molar-refractivity contribution in [2.75, 3.05) is 25.3 Å². The number of thiazole rings is 1. The number of aromatic nitrogens is 1. The van der Waals surface area contributed by atoms with Gasteiger partial charge in [-0.15, -0.1) is 23.1 Å². The molecule has 1 heterocycles. The minimum absolute atomic E-state index is 0.161. The lowest BCUT2D eigenvalue weighted by molar-refractivity contribution is -0.115. The average molecular weight is 419 g/mol. The number of carbonyl (C=O) groups excluding carboxylic acids is 1. The summed E-state index contributed by atoms with van der Waals surface area (Å²) >= 11 is 2.65. The monoisotopic (exact) mass is 418 g/mol. The Bertz CT molecular complexity index is 962. The number of nitrogens with one attached hydrogen (secondary N) is 1. The fraction of sp³-hybridized carbons (Fsp3) is 0.200. The highest BCUT2D eigenvalue weighted by atomic mass is 32.2. The summed E-state index contributed by atoms with van der Waals surface area (Å²) in [7, 11) is 3.18. The van der Waals surface area contributed by atoms with Crippen molar-refractivity contribution in [2.45, 2.75) is 11.3 Å². The van der Waals surface area contributed by atoms with Crippen LogP contribution in [0.2, 0.25) is 0 Å². The molecule has 0 radical (unpaired) electrons. The molecule has 0 bridgehead atoms. The molecular formula is C20H19FN2O3S2. The molecule has 8 heteroatoms. The summed E-state index contributed by atoms with van der Waals surface area (Å²) in [5, 5.41) is 5.15. The molecule has 28 heavy (non-hydrogen) atoms. The van der Waals surface area contributed by atoms with Crippen molar-refractivity contribution in [1.82, 2.24) is 4.98 Å². The van der Waals surface area contributed by atoms with Crippen LogP contribution < -0.4 is 14.8 Å². The van der Waals surface area contributed by atoms with E-state index in [1.165, 1.54) is 29.2 Å². The summed E-state index contributed by atoms with van der Waals surface area (Å²) in [6, 6.07) is 12.0. The van der Waals surface area contributed by atoms with Gasteiger partial charge in [0.2, 0.25) is 5.91 Å². The quantitative estimate of drug-likeness (QED) is 0.517. The van der Waals surface area contributed by atoms with Crippen LogP contribution >= 0.6 is 23.1 Å². The number of amides is 1. The number of rotatable bonds is 8. The lowest BCUT2D eigenvalue weighted by Gasteiger charge is -2.08. The first-order chi connectivity index (χ1) is 13.6. The minimum Gasteiger partial charge on any atom is -0.497 e. The number of methoxy groups -OCH3 is 2. The van der Waals surface area contributed by atoms with E-state index < -0.39 is 0 Å². The molecule has 0 aliphatic heterocycles. The van der Waals surface area contributed by atoms with E-state index in [4.69, 9.17) is 9.47 Å². The first-order valence-electron chi connectivity index (χ1n) is 8.46. The van der Waals surface area contributed by atoms with Crippen LogP contribution in [0.1, 0.15) is 6.42 Å². The van der Waals surface area contributed by atoms with Crippen LogP contribution in [-0.2, 0) is 4.79 Å². The zero-order valence-corrected chi connectivity index (χ0v) is 17.0. The van der Waals surface area contributed by atoms with E-state index >= 15 is 0 Å². The maximum Gasteiger partial charge on any atom is 0.226 e. The molecule has 5 nitrogen and oxygen atoms in total. The fourth-order valence-corrected chi connectivity index (χ4v) is 4.08. The topological polar surface area (TPSA) is 60.5 Å². The highest BCUT2D eigenvalue weighted by Crippen LogP contribution is 2.34. The predicted octanol–water partition coefficient (Wildman–Crippen LogP) is 5.09.